The Balaban J connectivity index is 1.16. The van der Waals surface area contributed by atoms with Crippen LogP contribution in [0.15, 0.2) is 54.9 Å². The normalized spacial score (nSPS) is 18.3. The molecule has 2 saturated heterocycles. The van der Waals surface area contributed by atoms with Crippen molar-refractivity contribution in [3.8, 4) is 11.1 Å². The fourth-order valence-electron chi connectivity index (χ4n) is 4.70. The van der Waals surface area contributed by atoms with Crippen molar-refractivity contribution in [1.82, 2.24) is 15.1 Å². The van der Waals surface area contributed by atoms with Crippen molar-refractivity contribution >= 4 is 28.7 Å². The van der Waals surface area contributed by atoms with Crippen molar-refractivity contribution in [2.75, 3.05) is 61.2 Å². The predicted octanol–water partition coefficient (Wildman–Crippen LogP) is 2.89. The minimum atomic E-state index is 0.0889. The van der Waals surface area contributed by atoms with Crippen LogP contribution in [0.1, 0.15) is 0 Å². The van der Waals surface area contributed by atoms with Crippen LogP contribution in [0.25, 0.3) is 11.1 Å². The average Bonchev–Trinajstić information content (AvgIpc) is 3.49. The van der Waals surface area contributed by atoms with Gasteiger partial charge in [-0.1, -0.05) is 12.1 Å². The van der Waals surface area contributed by atoms with Crippen LogP contribution < -0.4 is 15.1 Å². The topological polar surface area (TPSA) is 76.7 Å². The molecule has 1 amide bonds. The monoisotopic (exact) mass is 430 g/mol. The van der Waals surface area contributed by atoms with Gasteiger partial charge in [-0.25, -0.2) is 0 Å². The third-order valence-electron chi connectivity index (χ3n) is 6.63. The van der Waals surface area contributed by atoms with Gasteiger partial charge in [-0.3, -0.25) is 9.89 Å². The number of carbonyl (C=O) groups is 1. The van der Waals surface area contributed by atoms with E-state index < -0.39 is 0 Å². The first-order chi connectivity index (χ1) is 15.8. The Morgan fingerprint density at radius 2 is 1.78 bits per heavy atom. The standard InChI is InChI=1S/C24H26N6O2/c31-24(28-7-9-32-10-8-28)19-14-29(15-19)21-5-6-22-23(11-21)30(16-25-22)20-3-1-17(2-4-20)18-12-26-27-13-18/h1-6,11-13,19,25H,7-10,14-16H2,(H,26,27). The molecule has 3 aromatic rings. The second-order valence-corrected chi connectivity index (χ2v) is 8.54. The number of aromatic nitrogens is 2. The van der Waals surface area contributed by atoms with Gasteiger partial charge in [0.25, 0.3) is 0 Å². The van der Waals surface area contributed by atoms with Crippen LogP contribution in [-0.4, -0.2) is 67.1 Å². The summed E-state index contributed by atoms with van der Waals surface area (Å²) in [4.78, 5) is 19.2. The summed E-state index contributed by atoms with van der Waals surface area (Å²) in [6, 6.07) is 15.1. The molecule has 1 aromatic heterocycles. The number of hydrogen-bond acceptors (Lipinski definition) is 6. The zero-order chi connectivity index (χ0) is 21.5. The molecule has 2 aromatic carbocycles. The Labute approximate surface area is 186 Å². The van der Waals surface area contributed by atoms with Gasteiger partial charge < -0.3 is 24.8 Å². The highest BCUT2D eigenvalue weighted by molar-refractivity contribution is 5.86. The number of hydrogen-bond donors (Lipinski definition) is 2. The fourth-order valence-corrected chi connectivity index (χ4v) is 4.70. The van der Waals surface area contributed by atoms with Crippen LogP contribution in [0.3, 0.4) is 0 Å². The molecule has 164 valence electrons. The van der Waals surface area contributed by atoms with Gasteiger partial charge in [0.05, 0.1) is 43.4 Å². The van der Waals surface area contributed by atoms with E-state index in [0.29, 0.717) is 26.3 Å². The number of ether oxygens (including phenoxy) is 1. The molecule has 0 aliphatic carbocycles. The van der Waals surface area contributed by atoms with Crippen molar-refractivity contribution < 1.29 is 9.53 Å². The van der Waals surface area contributed by atoms with E-state index in [4.69, 9.17) is 4.74 Å². The van der Waals surface area contributed by atoms with Crippen LogP contribution in [0.4, 0.5) is 22.7 Å². The number of carbonyl (C=O) groups excluding carboxylic acids is 1. The first kappa shape index (κ1) is 19.2. The van der Waals surface area contributed by atoms with Gasteiger partial charge >= 0.3 is 0 Å². The lowest BCUT2D eigenvalue weighted by Crippen LogP contribution is -2.56. The molecule has 2 fully saturated rings. The first-order valence-electron chi connectivity index (χ1n) is 11.1. The minimum absolute atomic E-state index is 0.0889. The van der Waals surface area contributed by atoms with Gasteiger partial charge in [-0.2, -0.15) is 5.10 Å². The molecular weight excluding hydrogens is 404 g/mol. The van der Waals surface area contributed by atoms with Gasteiger partial charge in [0.15, 0.2) is 0 Å². The first-order valence-corrected chi connectivity index (χ1v) is 11.1. The third-order valence-corrected chi connectivity index (χ3v) is 6.63. The van der Waals surface area contributed by atoms with Crippen LogP contribution in [0, 0.1) is 5.92 Å². The maximum atomic E-state index is 12.7. The second kappa shape index (κ2) is 7.87. The fraction of sp³-hybridized carbons (Fsp3) is 0.333. The van der Waals surface area contributed by atoms with Gasteiger partial charge in [-0.05, 0) is 35.9 Å². The van der Waals surface area contributed by atoms with Crippen LogP contribution in [0.5, 0.6) is 0 Å². The lowest BCUT2D eigenvalue weighted by atomic mass is 9.97. The Kier molecular flexibility index (Phi) is 4.72. The Morgan fingerprint density at radius 3 is 2.53 bits per heavy atom. The Bertz CT molecular complexity index is 1100. The predicted molar refractivity (Wildman–Crippen MR) is 124 cm³/mol. The lowest BCUT2D eigenvalue weighted by molar-refractivity contribution is -0.140. The summed E-state index contributed by atoms with van der Waals surface area (Å²) < 4.78 is 5.37. The summed E-state index contributed by atoms with van der Waals surface area (Å²) in [5.41, 5.74) is 6.83. The van der Waals surface area contributed by atoms with Crippen molar-refractivity contribution in [3.63, 3.8) is 0 Å². The number of aromatic amines is 1. The molecule has 2 N–H and O–H groups in total. The van der Waals surface area contributed by atoms with Crippen LogP contribution in [0.2, 0.25) is 0 Å². The van der Waals surface area contributed by atoms with Gasteiger partial charge in [0.2, 0.25) is 5.91 Å². The van der Waals surface area contributed by atoms with Crippen LogP contribution in [-0.2, 0) is 9.53 Å². The van der Waals surface area contributed by atoms with E-state index >= 15 is 0 Å². The number of nitrogens with zero attached hydrogens (tertiary/aromatic N) is 4. The van der Waals surface area contributed by atoms with Crippen molar-refractivity contribution in [2.45, 2.75) is 0 Å². The second-order valence-electron chi connectivity index (χ2n) is 8.54. The molecule has 0 unspecified atom stereocenters. The zero-order valence-corrected chi connectivity index (χ0v) is 17.8. The third kappa shape index (κ3) is 3.36. The maximum absolute atomic E-state index is 12.7. The van der Waals surface area contributed by atoms with E-state index in [1.54, 1.807) is 0 Å². The number of nitrogens with one attached hydrogen (secondary N) is 2. The van der Waals surface area contributed by atoms with E-state index in [9.17, 15) is 4.79 Å². The minimum Gasteiger partial charge on any atom is -0.378 e. The summed E-state index contributed by atoms with van der Waals surface area (Å²) >= 11 is 0. The molecule has 0 saturated carbocycles. The molecule has 0 spiro atoms. The van der Waals surface area contributed by atoms with E-state index in [-0.39, 0.29) is 11.8 Å². The van der Waals surface area contributed by atoms with E-state index in [1.807, 2.05) is 17.3 Å². The largest absolute Gasteiger partial charge is 0.378 e. The lowest BCUT2D eigenvalue weighted by Gasteiger charge is -2.43. The molecule has 4 heterocycles. The number of anilines is 4. The van der Waals surface area contributed by atoms with Crippen molar-refractivity contribution in [3.05, 3.63) is 54.9 Å². The molecule has 8 heteroatoms. The maximum Gasteiger partial charge on any atom is 0.229 e. The van der Waals surface area contributed by atoms with Crippen molar-refractivity contribution in [1.29, 1.82) is 0 Å². The molecule has 32 heavy (non-hydrogen) atoms. The van der Waals surface area contributed by atoms with Gasteiger partial charge in [-0.15, -0.1) is 0 Å². The summed E-state index contributed by atoms with van der Waals surface area (Å²) in [7, 11) is 0. The summed E-state index contributed by atoms with van der Waals surface area (Å²) in [6.07, 6.45) is 3.73. The van der Waals surface area contributed by atoms with E-state index in [2.05, 4.69) is 67.8 Å². The molecule has 3 aliphatic rings. The molecule has 3 aliphatic heterocycles. The molecular formula is C24H26N6O2. The number of benzene rings is 2. The summed E-state index contributed by atoms with van der Waals surface area (Å²) in [6.45, 7) is 5.03. The average molecular weight is 431 g/mol. The highest BCUT2D eigenvalue weighted by Gasteiger charge is 2.36. The van der Waals surface area contributed by atoms with Crippen molar-refractivity contribution in [2.24, 2.45) is 5.92 Å². The molecule has 0 bridgehead atoms. The number of rotatable bonds is 4. The van der Waals surface area contributed by atoms with Crippen LogP contribution >= 0.6 is 0 Å². The number of morpholine rings is 1. The van der Waals surface area contributed by atoms with Gasteiger partial charge in [0, 0.05) is 49.3 Å². The summed E-state index contributed by atoms with van der Waals surface area (Å²) in [5, 5.41) is 10.4. The quantitative estimate of drug-likeness (QED) is 0.663. The Hall–Kier alpha value is -3.52. The molecule has 6 rings (SSSR count). The highest BCUT2D eigenvalue weighted by atomic mass is 16.5. The molecule has 0 atom stereocenters. The smallest absolute Gasteiger partial charge is 0.229 e. The zero-order valence-electron chi connectivity index (χ0n) is 17.8. The number of fused-ring (bicyclic) bond motifs is 1. The molecule has 0 radical (unpaired) electrons. The van der Waals surface area contributed by atoms with Gasteiger partial charge in [0.1, 0.15) is 0 Å². The van der Waals surface area contributed by atoms with E-state index in [0.717, 1.165) is 42.3 Å². The molecule has 8 nitrogen and oxygen atoms in total. The number of H-pyrrole nitrogens is 1. The Morgan fingerprint density at radius 1 is 1.00 bits per heavy atom. The number of amides is 1. The highest BCUT2D eigenvalue weighted by Crippen LogP contribution is 2.41. The summed E-state index contributed by atoms with van der Waals surface area (Å²) in [5.74, 6) is 0.359. The SMILES string of the molecule is O=C(C1CN(c2ccc3c(c2)N(c2ccc(-c4cn[nH]c4)cc2)CN3)C1)N1CCOCC1. The van der Waals surface area contributed by atoms with E-state index in [1.165, 1.54) is 11.4 Å².